The average molecular weight is 287 g/mol. The Morgan fingerprint density at radius 2 is 2.00 bits per heavy atom. The summed E-state index contributed by atoms with van der Waals surface area (Å²) in [7, 11) is 1.29. The lowest BCUT2D eigenvalue weighted by atomic mass is 10.2. The Bertz CT molecular complexity index is 570. The van der Waals surface area contributed by atoms with Crippen LogP contribution in [0.4, 0.5) is 13.2 Å². The largest absolute Gasteiger partial charge is 0.433 e. The molecule has 0 fully saturated rings. The van der Waals surface area contributed by atoms with Crippen LogP contribution in [0.15, 0.2) is 18.5 Å². The van der Waals surface area contributed by atoms with Gasteiger partial charge in [0.25, 0.3) is 0 Å². The van der Waals surface area contributed by atoms with Gasteiger partial charge in [-0.2, -0.15) is 23.4 Å². The fourth-order valence-corrected chi connectivity index (χ4v) is 2.10. The van der Waals surface area contributed by atoms with Crippen molar-refractivity contribution in [1.29, 1.82) is 0 Å². The van der Waals surface area contributed by atoms with Gasteiger partial charge in [0, 0.05) is 38.4 Å². The normalized spacial score (nSPS) is 12.1. The van der Waals surface area contributed by atoms with Crippen LogP contribution >= 0.6 is 0 Å². The summed E-state index contributed by atoms with van der Waals surface area (Å²) in [4.78, 5) is 0. The summed E-state index contributed by atoms with van der Waals surface area (Å²) in [5.74, 6) is 0. The summed E-state index contributed by atoms with van der Waals surface area (Å²) < 4.78 is 41.2. The molecule has 2 rings (SSSR count). The number of aryl methyl sites for hydroxylation is 2. The Hall–Kier alpha value is -1.83. The highest BCUT2D eigenvalue weighted by atomic mass is 19.4. The van der Waals surface area contributed by atoms with E-state index in [-0.39, 0.29) is 12.1 Å². The van der Waals surface area contributed by atoms with E-state index < -0.39 is 11.9 Å². The van der Waals surface area contributed by atoms with E-state index in [0.29, 0.717) is 6.54 Å². The molecular formula is C12H16F3N5. The number of halogens is 3. The van der Waals surface area contributed by atoms with Gasteiger partial charge in [0.15, 0.2) is 0 Å². The van der Waals surface area contributed by atoms with E-state index in [0.717, 1.165) is 16.9 Å². The van der Waals surface area contributed by atoms with E-state index >= 15 is 0 Å². The van der Waals surface area contributed by atoms with Crippen molar-refractivity contribution >= 4 is 0 Å². The highest BCUT2D eigenvalue weighted by Gasteiger charge is 2.36. The van der Waals surface area contributed by atoms with Crippen molar-refractivity contribution in [2.75, 3.05) is 0 Å². The summed E-state index contributed by atoms with van der Waals surface area (Å²) >= 11 is 0. The highest BCUT2D eigenvalue weighted by Crippen LogP contribution is 2.31. The molecule has 0 bridgehead atoms. The third-order valence-corrected chi connectivity index (χ3v) is 3.01. The van der Waals surface area contributed by atoms with Gasteiger partial charge in [-0.05, 0) is 13.0 Å². The molecule has 2 heterocycles. The topological polar surface area (TPSA) is 47.7 Å². The third kappa shape index (κ3) is 3.01. The molecule has 0 unspecified atom stereocenters. The van der Waals surface area contributed by atoms with Crippen LogP contribution < -0.4 is 5.32 Å². The molecule has 0 aliphatic heterocycles. The van der Waals surface area contributed by atoms with Crippen molar-refractivity contribution in [3.8, 4) is 0 Å². The van der Waals surface area contributed by atoms with Crippen LogP contribution in [-0.2, 0) is 32.9 Å². The number of rotatable bonds is 5. The second-order valence-electron chi connectivity index (χ2n) is 4.38. The third-order valence-electron chi connectivity index (χ3n) is 3.01. The summed E-state index contributed by atoms with van der Waals surface area (Å²) in [5.41, 5.74) is 0.363. The molecule has 0 radical (unpaired) electrons. The minimum Gasteiger partial charge on any atom is -0.307 e. The number of hydrogen-bond acceptors (Lipinski definition) is 3. The molecule has 0 saturated heterocycles. The molecule has 5 nitrogen and oxygen atoms in total. The number of hydrogen-bond donors (Lipinski definition) is 1. The molecule has 0 atom stereocenters. The second kappa shape index (κ2) is 5.66. The Morgan fingerprint density at radius 1 is 1.25 bits per heavy atom. The van der Waals surface area contributed by atoms with Gasteiger partial charge < -0.3 is 5.32 Å². The van der Waals surface area contributed by atoms with E-state index in [4.69, 9.17) is 0 Å². The van der Waals surface area contributed by atoms with Gasteiger partial charge in [0.2, 0.25) is 0 Å². The minimum absolute atomic E-state index is 0.109. The van der Waals surface area contributed by atoms with E-state index in [1.54, 1.807) is 10.9 Å². The summed E-state index contributed by atoms with van der Waals surface area (Å²) in [6.45, 7) is 3.25. The molecule has 0 aliphatic rings. The number of nitrogens with zero attached hydrogens (tertiary/aromatic N) is 4. The van der Waals surface area contributed by atoms with Crippen LogP contribution in [0.5, 0.6) is 0 Å². The fraction of sp³-hybridized carbons (Fsp3) is 0.500. The molecule has 20 heavy (non-hydrogen) atoms. The Labute approximate surface area is 114 Å². The van der Waals surface area contributed by atoms with E-state index in [1.165, 1.54) is 13.2 Å². The van der Waals surface area contributed by atoms with Crippen LogP contribution in [0, 0.1) is 0 Å². The minimum atomic E-state index is -4.40. The maximum Gasteiger partial charge on any atom is 0.433 e. The van der Waals surface area contributed by atoms with Crippen molar-refractivity contribution in [1.82, 2.24) is 24.9 Å². The Balaban J connectivity index is 2.02. The quantitative estimate of drug-likeness (QED) is 0.914. The van der Waals surface area contributed by atoms with E-state index in [1.807, 2.05) is 13.0 Å². The van der Waals surface area contributed by atoms with Crippen molar-refractivity contribution in [2.24, 2.45) is 7.05 Å². The van der Waals surface area contributed by atoms with Gasteiger partial charge in [-0.3, -0.25) is 9.36 Å². The summed E-state index contributed by atoms with van der Waals surface area (Å²) in [6.07, 6.45) is -1.48. The molecule has 0 aliphatic carbocycles. The van der Waals surface area contributed by atoms with E-state index in [9.17, 15) is 13.2 Å². The molecule has 0 amide bonds. The van der Waals surface area contributed by atoms with E-state index in [2.05, 4.69) is 15.5 Å². The Morgan fingerprint density at radius 3 is 2.65 bits per heavy atom. The van der Waals surface area contributed by atoms with Gasteiger partial charge in [-0.15, -0.1) is 0 Å². The highest BCUT2D eigenvalue weighted by molar-refractivity contribution is 5.20. The zero-order chi connectivity index (χ0) is 14.8. The predicted octanol–water partition coefficient (Wildman–Crippen LogP) is 1.95. The molecule has 0 aromatic carbocycles. The van der Waals surface area contributed by atoms with Gasteiger partial charge in [-0.25, -0.2) is 0 Å². The maximum atomic E-state index is 12.9. The molecule has 1 N–H and O–H groups in total. The summed E-state index contributed by atoms with van der Waals surface area (Å²) in [5, 5.41) is 10.8. The standard InChI is InChI=1S/C12H16F3N5/c1-3-20-10(4-5-17-20)8-16-6-9-7-18-19(2)11(9)12(13,14)15/h4-5,7,16H,3,6,8H2,1-2H3. The first kappa shape index (κ1) is 14.6. The molecule has 8 heteroatoms. The second-order valence-corrected chi connectivity index (χ2v) is 4.38. The first-order valence-corrected chi connectivity index (χ1v) is 6.23. The predicted molar refractivity (Wildman–Crippen MR) is 66.7 cm³/mol. The zero-order valence-corrected chi connectivity index (χ0v) is 11.3. The van der Waals surface area contributed by atoms with Crippen molar-refractivity contribution in [2.45, 2.75) is 32.7 Å². The zero-order valence-electron chi connectivity index (χ0n) is 11.3. The number of alkyl halides is 3. The molecule has 2 aromatic rings. The first-order valence-electron chi connectivity index (χ1n) is 6.23. The lowest BCUT2D eigenvalue weighted by molar-refractivity contribution is -0.144. The average Bonchev–Trinajstić information content (AvgIpc) is 2.95. The van der Waals surface area contributed by atoms with Crippen LogP contribution in [0.2, 0.25) is 0 Å². The monoisotopic (exact) mass is 287 g/mol. The molecule has 0 saturated carbocycles. The SMILES string of the molecule is CCn1nccc1CNCc1cnn(C)c1C(F)(F)F. The van der Waals surface area contributed by atoms with Crippen molar-refractivity contribution < 1.29 is 13.2 Å². The van der Waals surface area contributed by atoms with Gasteiger partial charge >= 0.3 is 6.18 Å². The molecule has 110 valence electrons. The van der Waals surface area contributed by atoms with Crippen molar-refractivity contribution in [3.63, 3.8) is 0 Å². The number of aromatic nitrogens is 4. The maximum absolute atomic E-state index is 12.9. The van der Waals surface area contributed by atoms with Crippen LogP contribution in [0.25, 0.3) is 0 Å². The van der Waals surface area contributed by atoms with Gasteiger partial charge in [0.05, 0.1) is 11.9 Å². The smallest absolute Gasteiger partial charge is 0.307 e. The van der Waals surface area contributed by atoms with Crippen LogP contribution in [0.1, 0.15) is 23.9 Å². The van der Waals surface area contributed by atoms with Crippen LogP contribution in [-0.4, -0.2) is 19.6 Å². The molecule has 2 aromatic heterocycles. The summed E-state index contributed by atoms with van der Waals surface area (Å²) in [6, 6.07) is 1.84. The molecular weight excluding hydrogens is 271 g/mol. The lowest BCUT2D eigenvalue weighted by Crippen LogP contribution is -2.20. The van der Waals surface area contributed by atoms with Crippen molar-refractivity contribution in [3.05, 3.63) is 35.4 Å². The van der Waals surface area contributed by atoms with Gasteiger partial charge in [0.1, 0.15) is 5.69 Å². The van der Waals surface area contributed by atoms with Gasteiger partial charge in [-0.1, -0.05) is 0 Å². The first-order chi connectivity index (χ1) is 9.43. The Kier molecular flexibility index (Phi) is 4.12. The number of nitrogens with one attached hydrogen (secondary N) is 1. The lowest BCUT2D eigenvalue weighted by Gasteiger charge is -2.11. The fourth-order valence-electron chi connectivity index (χ4n) is 2.10. The molecule has 0 spiro atoms. The van der Waals surface area contributed by atoms with Crippen LogP contribution in [0.3, 0.4) is 0 Å².